The summed E-state index contributed by atoms with van der Waals surface area (Å²) in [6, 6.07) is 1.25. The summed E-state index contributed by atoms with van der Waals surface area (Å²) in [5, 5.41) is 3.53. The monoisotopic (exact) mass is 234 g/mol. The Kier molecular flexibility index (Phi) is 2.11. The van der Waals surface area contributed by atoms with Gasteiger partial charge in [-0.1, -0.05) is 0 Å². The van der Waals surface area contributed by atoms with Crippen molar-refractivity contribution in [2.24, 2.45) is 23.7 Å². The summed E-state index contributed by atoms with van der Waals surface area (Å²) in [5.74, 6) is 4.17. The van der Waals surface area contributed by atoms with Crippen LogP contribution in [0, 0.1) is 23.7 Å². The Labute approximate surface area is 103 Å². The molecule has 4 aliphatic carbocycles. The molecule has 2 bridgehead atoms. The van der Waals surface area contributed by atoms with Crippen LogP contribution in [0.25, 0.3) is 0 Å². The minimum atomic E-state index is 0.296. The van der Waals surface area contributed by atoms with Crippen LogP contribution in [-0.4, -0.2) is 36.5 Å². The second kappa shape index (κ2) is 3.47. The topological polar surface area (TPSA) is 32.3 Å². The zero-order valence-electron chi connectivity index (χ0n) is 10.6. The number of nitrogens with one attached hydrogen (secondary N) is 1. The number of likely N-dealkylation sites (N-methyl/N-ethyl adjacent to an activating group) is 1. The van der Waals surface area contributed by atoms with E-state index in [1.807, 2.05) is 11.9 Å². The summed E-state index contributed by atoms with van der Waals surface area (Å²) in [6.07, 6.45) is 6.82. The van der Waals surface area contributed by atoms with Gasteiger partial charge in [0.2, 0.25) is 5.91 Å². The Hall–Kier alpha value is -0.570. The van der Waals surface area contributed by atoms with Crippen molar-refractivity contribution in [2.45, 2.75) is 44.2 Å². The van der Waals surface area contributed by atoms with Crippen LogP contribution < -0.4 is 5.32 Å². The standard InChI is InChI=1S/C14H22N2O/c1-16(10-4-5-10)11(17)7-15-14-12-8-2-3-9(6-8)13(12)14/h8-10,12-15H,2-7H2,1H3. The fourth-order valence-electron chi connectivity index (χ4n) is 4.59. The molecule has 1 N–H and O–H groups in total. The Morgan fingerprint density at radius 3 is 2.41 bits per heavy atom. The maximum absolute atomic E-state index is 11.9. The van der Waals surface area contributed by atoms with Crippen LogP contribution in [0.15, 0.2) is 0 Å². The Morgan fingerprint density at radius 1 is 1.18 bits per heavy atom. The highest BCUT2D eigenvalue weighted by molar-refractivity contribution is 5.78. The smallest absolute Gasteiger partial charge is 0.236 e. The van der Waals surface area contributed by atoms with E-state index in [2.05, 4.69) is 5.32 Å². The maximum atomic E-state index is 11.9. The van der Waals surface area contributed by atoms with Crippen LogP contribution in [-0.2, 0) is 4.79 Å². The number of fused-ring (bicyclic) bond motifs is 5. The Morgan fingerprint density at radius 2 is 1.82 bits per heavy atom. The van der Waals surface area contributed by atoms with Crippen LogP contribution in [0.4, 0.5) is 0 Å². The van der Waals surface area contributed by atoms with Gasteiger partial charge >= 0.3 is 0 Å². The molecule has 4 unspecified atom stereocenters. The highest BCUT2D eigenvalue weighted by Gasteiger charge is 2.64. The lowest BCUT2D eigenvalue weighted by atomic mass is 10.0. The molecule has 3 heteroatoms. The fraction of sp³-hybridized carbons (Fsp3) is 0.929. The predicted molar refractivity (Wildman–Crippen MR) is 65.4 cm³/mol. The van der Waals surface area contributed by atoms with Crippen LogP contribution in [0.3, 0.4) is 0 Å². The first-order valence-corrected chi connectivity index (χ1v) is 7.25. The van der Waals surface area contributed by atoms with Gasteiger partial charge in [0.1, 0.15) is 0 Å². The fourth-order valence-corrected chi connectivity index (χ4v) is 4.59. The number of nitrogens with zero attached hydrogens (tertiary/aromatic N) is 1. The molecule has 4 fully saturated rings. The van der Waals surface area contributed by atoms with Gasteiger partial charge in [0, 0.05) is 19.1 Å². The molecule has 0 aliphatic heterocycles. The summed E-state index contributed by atoms with van der Waals surface area (Å²) < 4.78 is 0. The third kappa shape index (κ3) is 1.55. The van der Waals surface area contributed by atoms with E-state index in [9.17, 15) is 4.79 Å². The maximum Gasteiger partial charge on any atom is 0.236 e. The molecule has 3 nitrogen and oxygen atoms in total. The zero-order chi connectivity index (χ0) is 11.6. The van der Waals surface area contributed by atoms with Gasteiger partial charge in [0.05, 0.1) is 6.54 Å². The molecule has 17 heavy (non-hydrogen) atoms. The molecule has 0 spiro atoms. The van der Waals surface area contributed by atoms with Crippen molar-refractivity contribution in [3.8, 4) is 0 Å². The van der Waals surface area contributed by atoms with Gasteiger partial charge in [-0.25, -0.2) is 0 Å². The number of carbonyl (C=O) groups excluding carboxylic acids is 1. The van der Waals surface area contributed by atoms with E-state index >= 15 is 0 Å². The summed E-state index contributed by atoms with van der Waals surface area (Å²) in [5.41, 5.74) is 0. The van der Waals surface area contributed by atoms with E-state index in [1.165, 1.54) is 32.1 Å². The quantitative estimate of drug-likeness (QED) is 0.794. The molecule has 0 aromatic heterocycles. The minimum absolute atomic E-state index is 0.296. The summed E-state index contributed by atoms with van der Waals surface area (Å²) in [7, 11) is 1.96. The van der Waals surface area contributed by atoms with Crippen molar-refractivity contribution in [1.82, 2.24) is 10.2 Å². The second-order valence-corrected chi connectivity index (χ2v) is 6.63. The van der Waals surface area contributed by atoms with E-state index in [1.54, 1.807) is 0 Å². The summed E-state index contributed by atoms with van der Waals surface area (Å²) in [4.78, 5) is 13.9. The molecule has 0 aromatic rings. The molecule has 4 aliphatic rings. The molecule has 0 heterocycles. The SMILES string of the molecule is CN(C(=O)CNC1C2C3CCC(C3)C12)C1CC1. The number of amides is 1. The van der Waals surface area contributed by atoms with Crippen molar-refractivity contribution in [2.75, 3.05) is 13.6 Å². The van der Waals surface area contributed by atoms with E-state index in [4.69, 9.17) is 0 Å². The highest BCUT2D eigenvalue weighted by Crippen LogP contribution is 2.65. The lowest BCUT2D eigenvalue weighted by Crippen LogP contribution is -2.38. The lowest BCUT2D eigenvalue weighted by Gasteiger charge is -2.17. The third-order valence-electron chi connectivity index (χ3n) is 5.71. The second-order valence-electron chi connectivity index (χ2n) is 6.63. The first-order valence-electron chi connectivity index (χ1n) is 7.25. The van der Waals surface area contributed by atoms with Crippen LogP contribution in [0.5, 0.6) is 0 Å². The molecule has 4 atom stereocenters. The predicted octanol–water partition coefficient (Wildman–Crippen LogP) is 1.24. The van der Waals surface area contributed by atoms with Gasteiger partial charge in [-0.05, 0) is 55.8 Å². The normalized spacial score (nSPS) is 45.8. The molecule has 0 aromatic carbocycles. The van der Waals surface area contributed by atoms with Gasteiger partial charge in [0.15, 0.2) is 0 Å². The molecular weight excluding hydrogens is 212 g/mol. The first kappa shape index (κ1) is 10.4. The van der Waals surface area contributed by atoms with Crippen molar-refractivity contribution >= 4 is 5.91 Å². The van der Waals surface area contributed by atoms with Crippen LogP contribution >= 0.6 is 0 Å². The molecule has 0 saturated heterocycles. The zero-order valence-corrected chi connectivity index (χ0v) is 10.6. The average Bonchev–Trinajstić information content (AvgIpc) is 3.24. The molecule has 1 amide bonds. The number of hydrogen-bond donors (Lipinski definition) is 1. The van der Waals surface area contributed by atoms with E-state index in [0.29, 0.717) is 24.5 Å². The minimum Gasteiger partial charge on any atom is -0.342 e. The molecular formula is C14H22N2O. The Bertz CT molecular complexity index is 336. The summed E-state index contributed by atoms with van der Waals surface area (Å²) >= 11 is 0. The van der Waals surface area contributed by atoms with E-state index in [-0.39, 0.29) is 0 Å². The van der Waals surface area contributed by atoms with E-state index in [0.717, 1.165) is 23.7 Å². The van der Waals surface area contributed by atoms with Crippen LogP contribution in [0.2, 0.25) is 0 Å². The number of rotatable bonds is 4. The van der Waals surface area contributed by atoms with Crippen molar-refractivity contribution in [1.29, 1.82) is 0 Å². The number of carbonyl (C=O) groups is 1. The van der Waals surface area contributed by atoms with Gasteiger partial charge in [0.25, 0.3) is 0 Å². The van der Waals surface area contributed by atoms with Gasteiger partial charge in [-0.3, -0.25) is 4.79 Å². The third-order valence-corrected chi connectivity index (χ3v) is 5.71. The molecule has 4 saturated carbocycles. The average molecular weight is 234 g/mol. The highest BCUT2D eigenvalue weighted by atomic mass is 16.2. The summed E-state index contributed by atoms with van der Waals surface area (Å²) in [6.45, 7) is 0.574. The lowest BCUT2D eigenvalue weighted by molar-refractivity contribution is -0.129. The largest absolute Gasteiger partial charge is 0.342 e. The van der Waals surface area contributed by atoms with Crippen molar-refractivity contribution in [3.63, 3.8) is 0 Å². The molecule has 0 radical (unpaired) electrons. The molecule has 4 rings (SSSR count). The first-order chi connectivity index (χ1) is 8.25. The van der Waals surface area contributed by atoms with Crippen LogP contribution in [0.1, 0.15) is 32.1 Å². The van der Waals surface area contributed by atoms with Gasteiger partial charge < -0.3 is 10.2 Å². The van der Waals surface area contributed by atoms with Gasteiger partial charge in [-0.2, -0.15) is 0 Å². The van der Waals surface area contributed by atoms with Gasteiger partial charge in [-0.15, -0.1) is 0 Å². The Balaban J connectivity index is 1.28. The molecule has 94 valence electrons. The number of hydrogen-bond acceptors (Lipinski definition) is 2. The van der Waals surface area contributed by atoms with Crippen molar-refractivity contribution in [3.05, 3.63) is 0 Å². The van der Waals surface area contributed by atoms with Crippen molar-refractivity contribution < 1.29 is 4.79 Å². The van der Waals surface area contributed by atoms with E-state index < -0.39 is 0 Å².